The van der Waals surface area contributed by atoms with Gasteiger partial charge in [-0.2, -0.15) is 0 Å². The van der Waals surface area contributed by atoms with Crippen molar-refractivity contribution in [2.75, 3.05) is 0 Å². The number of carbonyl (C=O) groups is 2. The van der Waals surface area contributed by atoms with E-state index in [1.165, 1.54) is 0 Å². The average Bonchev–Trinajstić information content (AvgIpc) is 2.11. The summed E-state index contributed by atoms with van der Waals surface area (Å²) in [5, 5.41) is 18.7. The van der Waals surface area contributed by atoms with Crippen molar-refractivity contribution >= 4 is 11.8 Å². The van der Waals surface area contributed by atoms with E-state index in [0.29, 0.717) is 12.1 Å². The number of aromatic nitrogens is 1. The van der Waals surface area contributed by atoms with E-state index in [9.17, 15) is 19.5 Å². The minimum Gasteiger partial charge on any atom is -0.506 e. The van der Waals surface area contributed by atoms with Crippen LogP contribution in [0.4, 0.5) is 0 Å². The molecule has 0 saturated heterocycles. The number of aromatic amines is 1. The third-order valence-corrected chi connectivity index (χ3v) is 3.05. The lowest BCUT2D eigenvalue weighted by Crippen LogP contribution is -2.32. The van der Waals surface area contributed by atoms with Gasteiger partial charge in [0.25, 0.3) is 5.56 Å². The lowest BCUT2D eigenvalue weighted by atomic mass is 9.75. The lowest BCUT2D eigenvalue weighted by Gasteiger charge is -2.30. The number of hydrogen-bond donors (Lipinski definition) is 3. The van der Waals surface area contributed by atoms with Crippen molar-refractivity contribution in [1.29, 1.82) is 0 Å². The zero-order valence-corrected chi connectivity index (χ0v) is 10.0. The summed E-state index contributed by atoms with van der Waals surface area (Å²) in [6, 6.07) is 0. The van der Waals surface area contributed by atoms with Crippen LogP contribution in [0, 0.1) is 5.41 Å². The Hall–Kier alpha value is -2.11. The van der Waals surface area contributed by atoms with Crippen molar-refractivity contribution in [3.05, 3.63) is 27.2 Å². The Morgan fingerprint density at radius 1 is 1.28 bits per heavy atom. The summed E-state index contributed by atoms with van der Waals surface area (Å²) >= 11 is 0. The Labute approximate surface area is 102 Å². The molecule has 0 radical (unpaired) electrons. The fourth-order valence-corrected chi connectivity index (χ4v) is 2.33. The van der Waals surface area contributed by atoms with Crippen LogP contribution in [0.15, 0.2) is 4.79 Å². The second kappa shape index (κ2) is 3.69. The molecular formula is C12H13NO5. The van der Waals surface area contributed by atoms with Crippen LogP contribution in [-0.2, 0) is 6.42 Å². The Kier molecular flexibility index (Phi) is 2.53. The van der Waals surface area contributed by atoms with Crippen molar-refractivity contribution in [3.8, 4) is 5.75 Å². The van der Waals surface area contributed by atoms with Gasteiger partial charge < -0.3 is 15.2 Å². The number of pyridine rings is 1. The molecule has 0 aliphatic heterocycles. The number of nitrogens with one attached hydrogen (secondary N) is 1. The molecule has 1 heterocycles. The number of carboxylic acids is 1. The van der Waals surface area contributed by atoms with Gasteiger partial charge >= 0.3 is 5.97 Å². The number of carbonyl (C=O) groups excluding carboxylic acids is 1. The molecule has 2 rings (SSSR count). The molecule has 0 atom stereocenters. The third-order valence-electron chi connectivity index (χ3n) is 3.05. The first kappa shape index (κ1) is 12.3. The molecule has 1 aliphatic carbocycles. The molecule has 0 spiro atoms. The number of fused-ring (bicyclic) bond motifs is 1. The molecule has 0 aromatic carbocycles. The summed E-state index contributed by atoms with van der Waals surface area (Å²) in [7, 11) is 0. The fraction of sp³-hybridized carbons (Fsp3) is 0.417. The lowest BCUT2D eigenvalue weighted by molar-refractivity contribution is 0.0691. The van der Waals surface area contributed by atoms with Gasteiger partial charge in [0.15, 0.2) is 11.3 Å². The van der Waals surface area contributed by atoms with Crippen molar-refractivity contribution in [3.63, 3.8) is 0 Å². The number of carboxylic acid groups (broad SMARTS) is 1. The largest absolute Gasteiger partial charge is 0.506 e. The van der Waals surface area contributed by atoms with Gasteiger partial charge in [-0.3, -0.25) is 9.59 Å². The Morgan fingerprint density at radius 3 is 2.44 bits per heavy atom. The van der Waals surface area contributed by atoms with E-state index in [2.05, 4.69) is 4.98 Å². The van der Waals surface area contributed by atoms with Crippen LogP contribution < -0.4 is 5.56 Å². The highest BCUT2D eigenvalue weighted by atomic mass is 16.4. The van der Waals surface area contributed by atoms with Gasteiger partial charge in [0.1, 0.15) is 5.75 Å². The smallest absolute Gasteiger partial charge is 0.345 e. The standard InChI is InChI=1S/C12H13NO5/c1-12(2)3-5-7(6(14)4-12)9(15)8(11(17)18)10(16)13-5/h3-4H2,1-2H3,(H,17,18)(H2,13,15,16). The molecule has 1 aromatic heterocycles. The van der Waals surface area contributed by atoms with Crippen LogP contribution in [0.1, 0.15) is 46.7 Å². The van der Waals surface area contributed by atoms with Gasteiger partial charge in [0.05, 0.1) is 5.56 Å². The maximum atomic E-state index is 11.9. The molecule has 1 aliphatic rings. The molecule has 3 N–H and O–H groups in total. The van der Waals surface area contributed by atoms with Crippen molar-refractivity contribution in [2.45, 2.75) is 26.7 Å². The first-order valence-electron chi connectivity index (χ1n) is 5.47. The Balaban J connectivity index is 2.75. The summed E-state index contributed by atoms with van der Waals surface area (Å²) in [5.41, 5.74) is -1.73. The molecular weight excluding hydrogens is 238 g/mol. The van der Waals surface area contributed by atoms with Gasteiger partial charge in [-0.05, 0) is 11.8 Å². The number of H-pyrrole nitrogens is 1. The number of ketones is 1. The predicted molar refractivity (Wildman–Crippen MR) is 62.1 cm³/mol. The maximum absolute atomic E-state index is 11.9. The minimum absolute atomic E-state index is 0.0636. The van der Waals surface area contributed by atoms with Gasteiger partial charge in [-0.25, -0.2) is 4.79 Å². The van der Waals surface area contributed by atoms with E-state index in [4.69, 9.17) is 5.11 Å². The van der Waals surface area contributed by atoms with E-state index in [-0.39, 0.29) is 23.2 Å². The molecule has 0 unspecified atom stereocenters. The van der Waals surface area contributed by atoms with Crippen molar-refractivity contribution in [2.24, 2.45) is 5.41 Å². The highest BCUT2D eigenvalue weighted by Crippen LogP contribution is 2.37. The van der Waals surface area contributed by atoms with Crippen LogP contribution in [-0.4, -0.2) is 26.9 Å². The molecule has 1 aromatic rings. The topological polar surface area (TPSA) is 107 Å². The van der Waals surface area contributed by atoms with E-state index >= 15 is 0 Å². The molecule has 6 heteroatoms. The van der Waals surface area contributed by atoms with E-state index in [0.717, 1.165) is 0 Å². The Morgan fingerprint density at radius 2 is 1.89 bits per heavy atom. The summed E-state index contributed by atoms with van der Waals surface area (Å²) in [5.74, 6) is -2.62. The van der Waals surface area contributed by atoms with Crippen molar-refractivity contribution in [1.82, 2.24) is 4.98 Å². The monoisotopic (exact) mass is 251 g/mol. The number of Topliss-reactive ketones (excluding diaryl/α,β-unsaturated/α-hetero) is 1. The van der Waals surface area contributed by atoms with Crippen LogP contribution in [0.5, 0.6) is 5.75 Å². The fourth-order valence-electron chi connectivity index (χ4n) is 2.33. The minimum atomic E-state index is -1.55. The van der Waals surface area contributed by atoms with Crippen LogP contribution in [0.25, 0.3) is 0 Å². The number of rotatable bonds is 1. The summed E-state index contributed by atoms with van der Waals surface area (Å²) in [6.45, 7) is 3.74. The highest BCUT2D eigenvalue weighted by molar-refractivity contribution is 6.04. The third kappa shape index (κ3) is 1.79. The SMILES string of the molecule is CC1(C)CC(=O)c2c([nH]c(=O)c(C(=O)O)c2O)C1. The summed E-state index contributed by atoms with van der Waals surface area (Å²) in [4.78, 5) is 36.8. The quantitative estimate of drug-likeness (QED) is 0.688. The van der Waals surface area contributed by atoms with Gasteiger partial charge in [0.2, 0.25) is 0 Å². The van der Waals surface area contributed by atoms with Gasteiger partial charge in [0, 0.05) is 12.1 Å². The Bertz CT molecular complexity index is 612. The molecule has 0 saturated carbocycles. The number of aromatic hydroxyl groups is 1. The van der Waals surface area contributed by atoms with E-state index in [1.807, 2.05) is 13.8 Å². The predicted octanol–water partition coefficient (Wildman–Crippen LogP) is 0.934. The second-order valence-corrected chi connectivity index (χ2v) is 5.28. The normalized spacial score (nSPS) is 17.3. The first-order valence-corrected chi connectivity index (χ1v) is 5.47. The average molecular weight is 251 g/mol. The van der Waals surface area contributed by atoms with Crippen LogP contribution in [0.2, 0.25) is 0 Å². The number of aromatic carboxylic acids is 1. The zero-order chi connectivity index (χ0) is 13.7. The van der Waals surface area contributed by atoms with Crippen molar-refractivity contribution < 1.29 is 19.8 Å². The molecule has 0 fully saturated rings. The zero-order valence-electron chi connectivity index (χ0n) is 10.0. The summed E-state index contributed by atoms with van der Waals surface area (Å²) in [6.07, 6.45) is 0.620. The molecule has 0 bridgehead atoms. The molecule has 18 heavy (non-hydrogen) atoms. The molecule has 0 amide bonds. The summed E-state index contributed by atoms with van der Waals surface area (Å²) < 4.78 is 0. The van der Waals surface area contributed by atoms with E-state index in [1.54, 1.807) is 0 Å². The van der Waals surface area contributed by atoms with Gasteiger partial charge in [-0.1, -0.05) is 13.8 Å². The van der Waals surface area contributed by atoms with E-state index < -0.39 is 22.8 Å². The highest BCUT2D eigenvalue weighted by Gasteiger charge is 2.35. The van der Waals surface area contributed by atoms with Crippen LogP contribution >= 0.6 is 0 Å². The first-order chi connectivity index (χ1) is 8.23. The molecule has 6 nitrogen and oxygen atoms in total. The second-order valence-electron chi connectivity index (χ2n) is 5.28. The van der Waals surface area contributed by atoms with Gasteiger partial charge in [-0.15, -0.1) is 0 Å². The number of hydrogen-bond acceptors (Lipinski definition) is 4. The van der Waals surface area contributed by atoms with Crippen LogP contribution in [0.3, 0.4) is 0 Å². The molecule has 96 valence electrons. The maximum Gasteiger partial charge on any atom is 0.345 e.